The molecule has 17 heavy (non-hydrogen) atoms. The van der Waals surface area contributed by atoms with Crippen LogP contribution in [0.15, 0.2) is 48.5 Å². The molecule has 0 aliphatic heterocycles. The van der Waals surface area contributed by atoms with Gasteiger partial charge in [0.05, 0.1) is 14.2 Å². The molecule has 0 spiro atoms. The molecule has 87 valence electrons. The molecule has 0 fully saturated rings. The summed E-state index contributed by atoms with van der Waals surface area (Å²) >= 11 is 0. The predicted molar refractivity (Wildman–Crippen MR) is 63.7 cm³/mol. The minimum absolute atomic E-state index is 0. The van der Waals surface area contributed by atoms with Gasteiger partial charge in [0.25, 0.3) is 0 Å². The first-order valence-corrected chi connectivity index (χ1v) is 4.87. The van der Waals surface area contributed by atoms with Crippen molar-refractivity contribution in [1.29, 1.82) is 0 Å². The minimum atomic E-state index is 0. The Hall–Kier alpha value is -0.856. The smallest absolute Gasteiger partial charge is 0.0743 e. The van der Waals surface area contributed by atoms with E-state index in [2.05, 4.69) is 12.1 Å². The summed E-state index contributed by atoms with van der Waals surface area (Å²) in [5.41, 5.74) is 0. The second-order valence-electron chi connectivity index (χ2n) is 2.88. The van der Waals surface area contributed by atoms with Crippen molar-refractivity contribution in [2.45, 2.75) is 0 Å². The van der Waals surface area contributed by atoms with Crippen molar-refractivity contribution in [3.05, 3.63) is 60.7 Å². The van der Waals surface area contributed by atoms with E-state index >= 15 is 0 Å². The van der Waals surface area contributed by atoms with E-state index in [0.717, 1.165) is 11.5 Å². The first kappa shape index (κ1) is 16.1. The first-order valence-electron chi connectivity index (χ1n) is 4.87. The molecule has 3 heteroatoms. The van der Waals surface area contributed by atoms with Gasteiger partial charge in [-0.15, -0.1) is 24.3 Å². The Balaban J connectivity index is 0.000000284. The van der Waals surface area contributed by atoms with Gasteiger partial charge in [0.2, 0.25) is 0 Å². The Labute approximate surface area is 128 Å². The molecule has 0 aliphatic rings. The Morgan fingerprint density at radius 3 is 1.82 bits per heavy atom. The maximum atomic E-state index is 4.89. The van der Waals surface area contributed by atoms with Crippen LogP contribution >= 0.6 is 0 Å². The van der Waals surface area contributed by atoms with Gasteiger partial charge in [-0.05, 0) is 0 Å². The van der Waals surface area contributed by atoms with Crippen LogP contribution in [0.4, 0.5) is 0 Å². The molecular weight excluding hydrogens is 289 g/mol. The molecular formula is C14H14O2Y-2. The summed E-state index contributed by atoms with van der Waals surface area (Å²) in [6, 6.07) is 20.5. The molecule has 2 aromatic carbocycles. The Morgan fingerprint density at radius 2 is 1.47 bits per heavy atom. The average Bonchev–Trinajstić information content (AvgIpc) is 2.41. The summed E-state index contributed by atoms with van der Waals surface area (Å²) in [6.45, 7) is 0. The zero-order valence-electron chi connectivity index (χ0n) is 10.0. The van der Waals surface area contributed by atoms with Gasteiger partial charge in [-0.3, -0.25) is 0 Å². The first-order chi connectivity index (χ1) is 7.86. The summed E-state index contributed by atoms with van der Waals surface area (Å²) < 4.78 is 9.78. The van der Waals surface area contributed by atoms with Crippen LogP contribution in [0.25, 0.3) is 0 Å². The maximum Gasteiger partial charge on any atom is 0.0743 e. The summed E-state index contributed by atoms with van der Waals surface area (Å²) in [5.74, 6) is 1.73. The molecule has 0 N–H and O–H groups in total. The van der Waals surface area contributed by atoms with E-state index in [1.54, 1.807) is 20.3 Å². The van der Waals surface area contributed by atoms with E-state index in [0.29, 0.717) is 0 Å². The fourth-order valence-corrected chi connectivity index (χ4v) is 1.01. The van der Waals surface area contributed by atoms with Gasteiger partial charge < -0.3 is 9.47 Å². The number of benzene rings is 2. The van der Waals surface area contributed by atoms with E-state index in [4.69, 9.17) is 9.47 Å². The van der Waals surface area contributed by atoms with Crippen LogP contribution in [0, 0.1) is 12.1 Å². The van der Waals surface area contributed by atoms with Gasteiger partial charge in [0.1, 0.15) is 0 Å². The Morgan fingerprint density at radius 1 is 0.824 bits per heavy atom. The van der Waals surface area contributed by atoms with Crippen LogP contribution in [0.2, 0.25) is 0 Å². The molecule has 1 radical (unpaired) electrons. The topological polar surface area (TPSA) is 18.5 Å². The van der Waals surface area contributed by atoms with Crippen molar-refractivity contribution in [2.75, 3.05) is 14.2 Å². The second-order valence-corrected chi connectivity index (χ2v) is 2.88. The van der Waals surface area contributed by atoms with E-state index in [9.17, 15) is 0 Å². The van der Waals surface area contributed by atoms with Gasteiger partial charge in [0.15, 0.2) is 0 Å². The standard InChI is InChI=1S/2C7H7O.Y/c2*1-8-7-5-3-2-4-6-7;/h3-6H,1H3;2-3,5-6H,1H3;/q2*-1;. The second kappa shape index (κ2) is 10.3. The van der Waals surface area contributed by atoms with Crippen molar-refractivity contribution in [2.24, 2.45) is 0 Å². The van der Waals surface area contributed by atoms with Crippen molar-refractivity contribution in [3.63, 3.8) is 0 Å². The van der Waals surface area contributed by atoms with Crippen LogP contribution in [-0.2, 0) is 32.7 Å². The van der Waals surface area contributed by atoms with E-state index in [-0.39, 0.29) is 32.7 Å². The zero-order valence-corrected chi connectivity index (χ0v) is 12.9. The van der Waals surface area contributed by atoms with Crippen LogP contribution < -0.4 is 9.47 Å². The SMILES string of the molecule is COc1c[c-]ccc1.COc1cc[c-]cc1.[Y]. The third kappa shape index (κ3) is 7.14. The van der Waals surface area contributed by atoms with Crippen molar-refractivity contribution >= 4 is 0 Å². The quantitative estimate of drug-likeness (QED) is 0.794. The van der Waals surface area contributed by atoms with Gasteiger partial charge in [-0.2, -0.15) is 36.4 Å². The average molecular weight is 303 g/mol. The normalized spacial score (nSPS) is 8.12. The van der Waals surface area contributed by atoms with E-state index < -0.39 is 0 Å². The Bertz CT molecular complexity index is 336. The number of ether oxygens (including phenoxy) is 2. The van der Waals surface area contributed by atoms with Gasteiger partial charge >= 0.3 is 0 Å². The van der Waals surface area contributed by atoms with Crippen molar-refractivity contribution < 1.29 is 42.2 Å². The molecule has 0 aliphatic carbocycles. The number of methoxy groups -OCH3 is 2. The molecule has 0 saturated carbocycles. The largest absolute Gasteiger partial charge is 0.554 e. The fraction of sp³-hybridized carbons (Fsp3) is 0.143. The number of rotatable bonds is 2. The van der Waals surface area contributed by atoms with E-state index in [1.807, 2.05) is 42.5 Å². The molecule has 0 amide bonds. The summed E-state index contributed by atoms with van der Waals surface area (Å²) in [4.78, 5) is 0. The van der Waals surface area contributed by atoms with Crippen molar-refractivity contribution in [1.82, 2.24) is 0 Å². The summed E-state index contributed by atoms with van der Waals surface area (Å²) in [6.07, 6.45) is 0. The summed E-state index contributed by atoms with van der Waals surface area (Å²) in [5, 5.41) is 0. The van der Waals surface area contributed by atoms with Crippen LogP contribution in [0.1, 0.15) is 0 Å². The summed E-state index contributed by atoms with van der Waals surface area (Å²) in [7, 11) is 3.29. The van der Waals surface area contributed by atoms with Gasteiger partial charge in [0, 0.05) is 44.2 Å². The Kier molecular flexibility index (Phi) is 9.79. The maximum absolute atomic E-state index is 4.89. The van der Waals surface area contributed by atoms with Gasteiger partial charge in [-0.1, -0.05) is 0 Å². The molecule has 0 bridgehead atoms. The van der Waals surface area contributed by atoms with Crippen LogP contribution in [0.3, 0.4) is 0 Å². The fourth-order valence-electron chi connectivity index (χ4n) is 1.01. The van der Waals surface area contributed by atoms with Gasteiger partial charge in [-0.25, -0.2) is 0 Å². The molecule has 2 nitrogen and oxygen atoms in total. The molecule has 0 heterocycles. The van der Waals surface area contributed by atoms with Crippen LogP contribution in [-0.4, -0.2) is 14.2 Å². The van der Waals surface area contributed by atoms with Crippen molar-refractivity contribution in [3.8, 4) is 11.5 Å². The number of hydrogen-bond acceptors (Lipinski definition) is 2. The molecule has 2 aromatic rings. The molecule has 0 unspecified atom stereocenters. The third-order valence-electron chi connectivity index (χ3n) is 1.84. The molecule has 0 saturated heterocycles. The predicted octanol–water partition coefficient (Wildman–Crippen LogP) is 2.99. The molecule has 2 rings (SSSR count). The minimum Gasteiger partial charge on any atom is -0.554 e. The van der Waals surface area contributed by atoms with Crippen LogP contribution in [0.5, 0.6) is 11.5 Å². The third-order valence-corrected chi connectivity index (χ3v) is 1.84. The zero-order chi connectivity index (χ0) is 11.6. The molecule has 0 aromatic heterocycles. The van der Waals surface area contributed by atoms with E-state index in [1.165, 1.54) is 0 Å². The molecule has 0 atom stereocenters. The number of hydrogen-bond donors (Lipinski definition) is 0. The monoisotopic (exact) mass is 303 g/mol.